The maximum atomic E-state index is 12.8. The van der Waals surface area contributed by atoms with Crippen molar-refractivity contribution in [3.8, 4) is 0 Å². The van der Waals surface area contributed by atoms with Crippen LogP contribution < -0.4 is 4.72 Å². The van der Waals surface area contributed by atoms with Crippen LogP contribution in [0.15, 0.2) is 59.6 Å². The highest BCUT2D eigenvalue weighted by atomic mass is 32.2. The van der Waals surface area contributed by atoms with E-state index in [0.29, 0.717) is 18.1 Å². The fourth-order valence-electron chi connectivity index (χ4n) is 4.88. The highest BCUT2D eigenvalue weighted by Gasteiger charge is 2.32. The minimum absolute atomic E-state index is 0.253. The molecule has 29 heavy (non-hydrogen) atoms. The largest absolute Gasteiger partial charge is 0.296 e. The molecule has 0 saturated carbocycles. The molecular formula is C23H25N3O2S. The summed E-state index contributed by atoms with van der Waals surface area (Å²) in [6.45, 7) is 2.40. The Balaban J connectivity index is 1.23. The van der Waals surface area contributed by atoms with Crippen LogP contribution in [0.2, 0.25) is 0 Å². The first-order chi connectivity index (χ1) is 14.1. The zero-order chi connectivity index (χ0) is 19.8. The van der Waals surface area contributed by atoms with Crippen LogP contribution in [0.5, 0.6) is 0 Å². The van der Waals surface area contributed by atoms with E-state index in [2.05, 4.69) is 32.8 Å². The van der Waals surface area contributed by atoms with E-state index < -0.39 is 10.0 Å². The Labute approximate surface area is 171 Å². The lowest BCUT2D eigenvalue weighted by atomic mass is 9.93. The van der Waals surface area contributed by atoms with Crippen LogP contribution in [-0.2, 0) is 22.9 Å². The van der Waals surface area contributed by atoms with E-state index in [1.165, 1.54) is 17.5 Å². The molecule has 1 aromatic heterocycles. The third-order valence-corrected chi connectivity index (χ3v) is 7.71. The van der Waals surface area contributed by atoms with Gasteiger partial charge in [0.15, 0.2) is 0 Å². The summed E-state index contributed by atoms with van der Waals surface area (Å²) in [5.74, 6) is 0. The minimum atomic E-state index is -3.58. The van der Waals surface area contributed by atoms with Gasteiger partial charge in [-0.15, -0.1) is 0 Å². The van der Waals surface area contributed by atoms with Crippen LogP contribution in [-0.4, -0.2) is 37.9 Å². The first kappa shape index (κ1) is 18.7. The molecule has 3 aromatic rings. The maximum absolute atomic E-state index is 12.8. The summed E-state index contributed by atoms with van der Waals surface area (Å²) in [7, 11) is -3.58. The van der Waals surface area contributed by atoms with Gasteiger partial charge in [-0.25, -0.2) is 13.1 Å². The van der Waals surface area contributed by atoms with Gasteiger partial charge in [-0.1, -0.05) is 36.4 Å². The van der Waals surface area contributed by atoms with Crippen LogP contribution in [0, 0.1) is 0 Å². The minimum Gasteiger partial charge on any atom is -0.296 e. The van der Waals surface area contributed by atoms with Crippen molar-refractivity contribution >= 4 is 20.9 Å². The number of benzene rings is 2. The molecule has 1 aliphatic heterocycles. The first-order valence-corrected chi connectivity index (χ1v) is 11.8. The molecule has 0 saturated heterocycles. The molecule has 1 atom stereocenters. The molecule has 0 fully saturated rings. The van der Waals surface area contributed by atoms with Gasteiger partial charge in [0.1, 0.15) is 4.90 Å². The maximum Gasteiger partial charge on any atom is 0.242 e. The number of aryl methyl sites for hydroxylation is 1. The van der Waals surface area contributed by atoms with E-state index in [-0.39, 0.29) is 4.90 Å². The predicted molar refractivity (Wildman–Crippen MR) is 114 cm³/mol. The molecule has 2 aliphatic rings. The summed E-state index contributed by atoms with van der Waals surface area (Å²) < 4.78 is 28.4. The van der Waals surface area contributed by atoms with E-state index in [9.17, 15) is 8.42 Å². The summed E-state index contributed by atoms with van der Waals surface area (Å²) in [6.07, 6.45) is 5.86. The summed E-state index contributed by atoms with van der Waals surface area (Å²) in [6, 6.07) is 16.2. The topological polar surface area (TPSA) is 62.3 Å². The molecule has 0 spiro atoms. The number of pyridine rings is 1. The molecule has 5 rings (SSSR count). The average Bonchev–Trinajstić information content (AvgIpc) is 3.18. The number of para-hydroxylation sites is 1. The van der Waals surface area contributed by atoms with Gasteiger partial charge >= 0.3 is 0 Å². The van der Waals surface area contributed by atoms with Crippen molar-refractivity contribution in [2.75, 3.05) is 19.6 Å². The zero-order valence-electron chi connectivity index (χ0n) is 16.3. The molecule has 1 N–H and O–H groups in total. The quantitative estimate of drug-likeness (QED) is 0.636. The summed E-state index contributed by atoms with van der Waals surface area (Å²) in [4.78, 5) is 7.06. The summed E-state index contributed by atoms with van der Waals surface area (Å²) >= 11 is 0. The number of hydrogen-bond acceptors (Lipinski definition) is 4. The van der Waals surface area contributed by atoms with Crippen molar-refractivity contribution in [3.63, 3.8) is 0 Å². The Hall–Kier alpha value is -2.28. The number of hydrogen-bond donors (Lipinski definition) is 1. The molecule has 0 radical (unpaired) electrons. The van der Waals surface area contributed by atoms with Crippen LogP contribution in [0.1, 0.15) is 35.6 Å². The van der Waals surface area contributed by atoms with E-state index in [0.717, 1.165) is 37.7 Å². The first-order valence-electron chi connectivity index (χ1n) is 10.3. The number of aromatic nitrogens is 1. The zero-order valence-corrected chi connectivity index (χ0v) is 17.2. The Morgan fingerprint density at radius 2 is 1.83 bits per heavy atom. The van der Waals surface area contributed by atoms with Crippen molar-refractivity contribution in [3.05, 3.63) is 71.4 Å². The van der Waals surface area contributed by atoms with Gasteiger partial charge in [0.2, 0.25) is 10.0 Å². The monoisotopic (exact) mass is 407 g/mol. The number of fused-ring (bicyclic) bond motifs is 1. The fraction of sp³-hybridized carbons (Fsp3) is 0.348. The highest BCUT2D eigenvalue weighted by molar-refractivity contribution is 7.89. The summed E-state index contributed by atoms with van der Waals surface area (Å²) in [5.41, 5.74) is 5.07. The van der Waals surface area contributed by atoms with Crippen molar-refractivity contribution < 1.29 is 8.42 Å². The Morgan fingerprint density at radius 1 is 1.03 bits per heavy atom. The molecule has 1 aliphatic carbocycles. The third-order valence-electron chi connectivity index (χ3n) is 6.22. The van der Waals surface area contributed by atoms with Crippen LogP contribution in [0.25, 0.3) is 10.9 Å². The Morgan fingerprint density at radius 3 is 2.72 bits per heavy atom. The highest BCUT2D eigenvalue weighted by Crippen LogP contribution is 2.41. The second-order valence-corrected chi connectivity index (χ2v) is 9.65. The van der Waals surface area contributed by atoms with E-state index in [4.69, 9.17) is 0 Å². The van der Waals surface area contributed by atoms with Crippen LogP contribution >= 0.6 is 0 Å². The van der Waals surface area contributed by atoms with Gasteiger partial charge in [0.25, 0.3) is 0 Å². The SMILES string of the molecule is O=S(=O)(NCCCN1CCc2cccc3c2C1CC3)c1cccc2cccnc12. The standard InChI is InChI=1S/C23H25N3O2S/c27-29(28,21-9-2-7-19-8-3-13-24-23(19)21)25-14-4-15-26-16-12-18-6-1-5-17-10-11-20(26)22(17)18/h1-3,5-9,13,20,25H,4,10-12,14-16H2. The van der Waals surface area contributed by atoms with Crippen LogP contribution in [0.3, 0.4) is 0 Å². The molecule has 2 heterocycles. The van der Waals surface area contributed by atoms with Gasteiger partial charge < -0.3 is 0 Å². The average molecular weight is 408 g/mol. The van der Waals surface area contributed by atoms with Crippen LogP contribution in [0.4, 0.5) is 0 Å². The second kappa shape index (κ2) is 7.52. The van der Waals surface area contributed by atoms with Gasteiger partial charge in [-0.05, 0) is 54.5 Å². The van der Waals surface area contributed by atoms with Crippen molar-refractivity contribution in [1.82, 2.24) is 14.6 Å². The Bertz CT molecular complexity index is 1150. The summed E-state index contributed by atoms with van der Waals surface area (Å²) in [5, 5.41) is 0.833. The number of sulfonamides is 1. The van der Waals surface area contributed by atoms with Gasteiger partial charge in [-0.2, -0.15) is 0 Å². The molecule has 5 nitrogen and oxygen atoms in total. The Kier molecular flexibility index (Phi) is 4.86. The molecule has 2 aromatic carbocycles. The van der Waals surface area contributed by atoms with E-state index >= 15 is 0 Å². The van der Waals surface area contributed by atoms with Crippen molar-refractivity contribution in [1.29, 1.82) is 0 Å². The van der Waals surface area contributed by atoms with Crippen molar-refractivity contribution in [2.24, 2.45) is 0 Å². The van der Waals surface area contributed by atoms with Gasteiger partial charge in [-0.3, -0.25) is 9.88 Å². The van der Waals surface area contributed by atoms with E-state index in [1.54, 1.807) is 23.9 Å². The van der Waals surface area contributed by atoms with Gasteiger partial charge in [0.05, 0.1) is 5.52 Å². The molecular weight excluding hydrogens is 382 g/mol. The lowest BCUT2D eigenvalue weighted by Crippen LogP contribution is -2.36. The van der Waals surface area contributed by atoms with E-state index in [1.807, 2.05) is 18.2 Å². The molecule has 150 valence electrons. The van der Waals surface area contributed by atoms with Crippen molar-refractivity contribution in [2.45, 2.75) is 36.6 Å². The third kappa shape index (κ3) is 3.45. The second-order valence-electron chi connectivity index (χ2n) is 7.91. The normalized spacial score (nSPS) is 18.8. The number of nitrogens with zero attached hydrogens (tertiary/aromatic N) is 2. The molecule has 6 heteroatoms. The lowest BCUT2D eigenvalue weighted by Gasteiger charge is -2.35. The molecule has 0 amide bonds. The smallest absolute Gasteiger partial charge is 0.242 e. The fourth-order valence-corrected chi connectivity index (χ4v) is 6.13. The molecule has 0 bridgehead atoms. The van der Waals surface area contributed by atoms with Gasteiger partial charge in [0, 0.05) is 37.3 Å². The molecule has 1 unspecified atom stereocenters. The number of rotatable bonds is 6. The predicted octanol–water partition coefficient (Wildman–Crippen LogP) is 3.45. The lowest BCUT2D eigenvalue weighted by molar-refractivity contribution is 0.184. The number of nitrogens with one attached hydrogen (secondary N) is 1.